The third kappa shape index (κ3) is 4.39. The van der Waals surface area contributed by atoms with Crippen LogP contribution in [0.5, 0.6) is 5.75 Å². The van der Waals surface area contributed by atoms with E-state index in [1.54, 1.807) is 60.8 Å². The quantitative estimate of drug-likeness (QED) is 0.618. The molecule has 1 aromatic heterocycles. The van der Waals surface area contributed by atoms with Crippen LogP contribution in [0.4, 0.5) is 4.39 Å². The zero-order chi connectivity index (χ0) is 20.1. The van der Waals surface area contributed by atoms with E-state index in [1.807, 2.05) is 24.5 Å². The van der Waals surface area contributed by atoms with Crippen molar-refractivity contribution in [1.29, 1.82) is 0 Å². The number of rotatable bonds is 7. The van der Waals surface area contributed by atoms with Crippen LogP contribution in [0.15, 0.2) is 60.9 Å². The topological polar surface area (TPSA) is 47.4 Å². The molecular formula is C22H24FN3O2. The number of methoxy groups -OCH3 is 1. The highest BCUT2D eigenvalue weighted by Gasteiger charge is 2.21. The van der Waals surface area contributed by atoms with Gasteiger partial charge in [0.25, 0.3) is 5.91 Å². The maximum absolute atomic E-state index is 14.0. The van der Waals surface area contributed by atoms with Crippen LogP contribution < -0.4 is 4.74 Å². The molecule has 0 aliphatic carbocycles. The molecule has 28 heavy (non-hydrogen) atoms. The molecule has 1 heterocycles. The third-order valence-electron chi connectivity index (χ3n) is 4.61. The second-order valence-corrected chi connectivity index (χ2v) is 6.82. The molecule has 0 aliphatic rings. The maximum Gasteiger partial charge on any atom is 0.254 e. The van der Waals surface area contributed by atoms with Crippen LogP contribution >= 0.6 is 0 Å². The van der Waals surface area contributed by atoms with E-state index in [9.17, 15) is 9.18 Å². The fourth-order valence-electron chi connectivity index (χ4n) is 3.01. The van der Waals surface area contributed by atoms with Crippen molar-refractivity contribution in [3.8, 4) is 5.75 Å². The van der Waals surface area contributed by atoms with Gasteiger partial charge in [0.15, 0.2) is 0 Å². The molecular weight excluding hydrogens is 357 g/mol. The minimum atomic E-state index is -0.254. The Kier molecular flexibility index (Phi) is 6.09. The third-order valence-corrected chi connectivity index (χ3v) is 4.61. The van der Waals surface area contributed by atoms with Gasteiger partial charge < -0.3 is 14.2 Å². The summed E-state index contributed by atoms with van der Waals surface area (Å²) in [7, 11) is 1.57. The van der Waals surface area contributed by atoms with Crippen molar-refractivity contribution in [2.45, 2.75) is 33.0 Å². The minimum Gasteiger partial charge on any atom is -0.497 e. The molecule has 0 radical (unpaired) electrons. The van der Waals surface area contributed by atoms with Gasteiger partial charge in [-0.1, -0.05) is 24.3 Å². The van der Waals surface area contributed by atoms with Gasteiger partial charge in [0, 0.05) is 29.6 Å². The molecule has 0 unspecified atom stereocenters. The van der Waals surface area contributed by atoms with Crippen LogP contribution in [0.25, 0.3) is 0 Å². The highest BCUT2D eigenvalue weighted by Crippen LogP contribution is 2.18. The fraction of sp³-hybridized carbons (Fsp3) is 0.273. The molecule has 0 bridgehead atoms. The number of imidazole rings is 1. The van der Waals surface area contributed by atoms with Gasteiger partial charge in [-0.25, -0.2) is 9.37 Å². The smallest absolute Gasteiger partial charge is 0.254 e. The van der Waals surface area contributed by atoms with Gasteiger partial charge in [0.1, 0.15) is 17.4 Å². The summed E-state index contributed by atoms with van der Waals surface area (Å²) in [6.45, 7) is 4.61. The van der Waals surface area contributed by atoms with E-state index < -0.39 is 0 Å². The Morgan fingerprint density at radius 1 is 1.21 bits per heavy atom. The minimum absolute atomic E-state index is 0.0303. The van der Waals surface area contributed by atoms with E-state index in [1.165, 1.54) is 6.07 Å². The Morgan fingerprint density at radius 3 is 2.71 bits per heavy atom. The molecule has 0 N–H and O–H groups in total. The van der Waals surface area contributed by atoms with E-state index in [4.69, 9.17) is 4.74 Å². The fourth-order valence-corrected chi connectivity index (χ4v) is 3.01. The van der Waals surface area contributed by atoms with Gasteiger partial charge >= 0.3 is 0 Å². The van der Waals surface area contributed by atoms with E-state index >= 15 is 0 Å². The number of carbonyl (C=O) groups excluding carboxylic acids is 1. The van der Waals surface area contributed by atoms with Crippen LogP contribution in [-0.2, 0) is 13.1 Å². The van der Waals surface area contributed by atoms with Crippen molar-refractivity contribution >= 4 is 5.91 Å². The first kappa shape index (κ1) is 19.6. The van der Waals surface area contributed by atoms with Gasteiger partial charge in [-0.15, -0.1) is 0 Å². The largest absolute Gasteiger partial charge is 0.497 e. The molecule has 0 atom stereocenters. The van der Waals surface area contributed by atoms with Crippen molar-refractivity contribution in [1.82, 2.24) is 14.5 Å². The Balaban J connectivity index is 1.83. The summed E-state index contributed by atoms with van der Waals surface area (Å²) in [5, 5.41) is 0. The van der Waals surface area contributed by atoms with Gasteiger partial charge in [-0.2, -0.15) is 0 Å². The molecule has 0 fully saturated rings. The number of amides is 1. The van der Waals surface area contributed by atoms with Crippen LogP contribution in [0, 0.1) is 5.82 Å². The number of benzene rings is 2. The first-order chi connectivity index (χ1) is 13.5. The zero-order valence-electron chi connectivity index (χ0n) is 16.3. The summed E-state index contributed by atoms with van der Waals surface area (Å²) >= 11 is 0. The lowest BCUT2D eigenvalue weighted by Gasteiger charge is -2.27. The highest BCUT2D eigenvalue weighted by atomic mass is 19.1. The normalized spacial score (nSPS) is 10.9. The van der Waals surface area contributed by atoms with E-state index in [-0.39, 0.29) is 17.8 Å². The van der Waals surface area contributed by atoms with Gasteiger partial charge in [-0.3, -0.25) is 4.79 Å². The Labute approximate surface area is 164 Å². The molecule has 0 aliphatic heterocycles. The van der Waals surface area contributed by atoms with Crippen LogP contribution in [0.1, 0.15) is 35.6 Å². The summed E-state index contributed by atoms with van der Waals surface area (Å²) in [5.41, 5.74) is 1.14. The van der Waals surface area contributed by atoms with Crippen molar-refractivity contribution < 1.29 is 13.9 Å². The van der Waals surface area contributed by atoms with Crippen molar-refractivity contribution in [2.24, 2.45) is 0 Å². The summed E-state index contributed by atoms with van der Waals surface area (Å²) in [6.07, 6.45) is 3.47. The maximum atomic E-state index is 14.0. The SMILES string of the molecule is COc1cccc(C(=O)N(Cc2nccn2Cc2ccccc2F)C(C)C)c1. The molecule has 146 valence electrons. The number of carbonyl (C=O) groups is 1. The standard InChI is InChI=1S/C22H24FN3O2/c1-16(2)26(22(27)17-8-6-9-19(13-17)28-3)15-21-24-11-12-25(21)14-18-7-4-5-10-20(18)23/h4-13,16H,14-15H2,1-3H3. The predicted octanol–water partition coefficient (Wildman–Crippen LogP) is 4.13. The van der Waals surface area contributed by atoms with Crippen molar-refractivity contribution in [3.05, 3.63) is 83.7 Å². The average molecular weight is 381 g/mol. The Hall–Kier alpha value is -3.15. The first-order valence-corrected chi connectivity index (χ1v) is 9.18. The summed E-state index contributed by atoms with van der Waals surface area (Å²) < 4.78 is 21.1. The first-order valence-electron chi connectivity index (χ1n) is 9.18. The Morgan fingerprint density at radius 2 is 2.00 bits per heavy atom. The lowest BCUT2D eigenvalue weighted by Crippen LogP contribution is -2.37. The molecule has 3 rings (SSSR count). The van der Waals surface area contributed by atoms with Crippen LogP contribution in [0.2, 0.25) is 0 Å². The molecule has 0 saturated heterocycles. The summed E-state index contributed by atoms with van der Waals surface area (Å²) in [4.78, 5) is 19.2. The zero-order valence-corrected chi connectivity index (χ0v) is 16.3. The van der Waals surface area contributed by atoms with Crippen LogP contribution in [0.3, 0.4) is 0 Å². The molecule has 0 spiro atoms. The number of hydrogen-bond donors (Lipinski definition) is 0. The predicted molar refractivity (Wildman–Crippen MR) is 106 cm³/mol. The summed E-state index contributed by atoms with van der Waals surface area (Å²) in [5.74, 6) is 0.980. The summed E-state index contributed by atoms with van der Waals surface area (Å²) in [6, 6.07) is 13.7. The molecule has 0 saturated carbocycles. The van der Waals surface area contributed by atoms with Crippen molar-refractivity contribution in [3.63, 3.8) is 0 Å². The number of nitrogens with zero attached hydrogens (tertiary/aromatic N) is 3. The van der Waals surface area contributed by atoms with Gasteiger partial charge in [-0.05, 0) is 38.1 Å². The lowest BCUT2D eigenvalue weighted by molar-refractivity contribution is 0.0682. The molecule has 5 nitrogen and oxygen atoms in total. The lowest BCUT2D eigenvalue weighted by atomic mass is 10.1. The van der Waals surface area contributed by atoms with E-state index in [0.717, 1.165) is 0 Å². The van der Waals surface area contributed by atoms with E-state index in [2.05, 4.69) is 4.98 Å². The van der Waals surface area contributed by atoms with Crippen molar-refractivity contribution in [2.75, 3.05) is 7.11 Å². The molecule has 3 aromatic rings. The molecule has 6 heteroatoms. The number of hydrogen-bond acceptors (Lipinski definition) is 3. The monoisotopic (exact) mass is 381 g/mol. The number of aromatic nitrogens is 2. The van der Waals surface area contributed by atoms with E-state index in [0.29, 0.717) is 35.8 Å². The average Bonchev–Trinajstić information content (AvgIpc) is 3.14. The second-order valence-electron chi connectivity index (χ2n) is 6.82. The van der Waals surface area contributed by atoms with Crippen LogP contribution in [-0.4, -0.2) is 33.5 Å². The van der Waals surface area contributed by atoms with Gasteiger partial charge in [0.2, 0.25) is 0 Å². The second kappa shape index (κ2) is 8.69. The number of ether oxygens (including phenoxy) is 1. The number of halogens is 1. The Bertz CT molecular complexity index is 952. The highest BCUT2D eigenvalue weighted by molar-refractivity contribution is 5.94. The molecule has 1 amide bonds. The van der Waals surface area contributed by atoms with Gasteiger partial charge in [0.05, 0.1) is 20.2 Å². The molecule has 2 aromatic carbocycles.